The summed E-state index contributed by atoms with van der Waals surface area (Å²) in [7, 11) is 0. The highest BCUT2D eigenvalue weighted by atomic mass is 79.9. The molecule has 0 radical (unpaired) electrons. The smallest absolute Gasteiger partial charge is 0.361 e. The van der Waals surface area contributed by atoms with Gasteiger partial charge >= 0.3 is 6.18 Å². The standard InChI is InChI=1S/C13H10BrF3N2O2/c1-7-4-9(19-21-7)6-18-12(20)8-2-3-11(14)10(5-8)13(15,16)17/h2-5H,6H2,1H3,(H,18,20). The second-order valence-electron chi connectivity index (χ2n) is 4.30. The molecule has 0 saturated heterocycles. The molecular weight excluding hydrogens is 353 g/mol. The summed E-state index contributed by atoms with van der Waals surface area (Å²) < 4.78 is 43.0. The summed E-state index contributed by atoms with van der Waals surface area (Å²) in [6.45, 7) is 1.77. The average Bonchev–Trinajstić information content (AvgIpc) is 2.81. The van der Waals surface area contributed by atoms with Crippen LogP contribution in [-0.4, -0.2) is 11.1 Å². The lowest BCUT2D eigenvalue weighted by Gasteiger charge is -2.11. The molecule has 0 atom stereocenters. The fraction of sp³-hybridized carbons (Fsp3) is 0.231. The lowest BCUT2D eigenvalue weighted by molar-refractivity contribution is -0.138. The van der Waals surface area contributed by atoms with Crippen molar-refractivity contribution in [3.05, 3.63) is 51.3 Å². The van der Waals surface area contributed by atoms with E-state index in [9.17, 15) is 18.0 Å². The number of amides is 1. The van der Waals surface area contributed by atoms with Gasteiger partial charge in [-0.15, -0.1) is 0 Å². The molecule has 8 heteroatoms. The molecule has 21 heavy (non-hydrogen) atoms. The maximum absolute atomic E-state index is 12.8. The number of nitrogens with one attached hydrogen (secondary N) is 1. The first-order valence-corrected chi connectivity index (χ1v) is 6.64. The number of halogens is 4. The molecule has 0 aliphatic rings. The van der Waals surface area contributed by atoms with Crippen LogP contribution in [0.4, 0.5) is 13.2 Å². The van der Waals surface area contributed by atoms with Gasteiger partial charge in [0.15, 0.2) is 0 Å². The number of aryl methyl sites for hydroxylation is 1. The number of carbonyl (C=O) groups is 1. The number of hydrogen-bond donors (Lipinski definition) is 1. The Balaban J connectivity index is 2.12. The Bertz CT molecular complexity index is 668. The lowest BCUT2D eigenvalue weighted by atomic mass is 10.1. The minimum absolute atomic E-state index is 0.0770. The van der Waals surface area contributed by atoms with Crippen LogP contribution in [0.1, 0.15) is 27.4 Å². The van der Waals surface area contributed by atoms with Crippen LogP contribution in [0.3, 0.4) is 0 Å². The predicted molar refractivity (Wildman–Crippen MR) is 71.6 cm³/mol. The summed E-state index contributed by atoms with van der Waals surface area (Å²) in [6, 6.07) is 4.93. The molecule has 0 aliphatic carbocycles. The third-order valence-electron chi connectivity index (χ3n) is 2.64. The lowest BCUT2D eigenvalue weighted by Crippen LogP contribution is -2.23. The monoisotopic (exact) mass is 362 g/mol. The van der Waals surface area contributed by atoms with Crippen molar-refractivity contribution in [2.24, 2.45) is 0 Å². The first kappa shape index (κ1) is 15.6. The highest BCUT2D eigenvalue weighted by molar-refractivity contribution is 9.10. The van der Waals surface area contributed by atoms with Crippen LogP contribution in [0.25, 0.3) is 0 Å². The van der Waals surface area contributed by atoms with Crippen molar-refractivity contribution in [3.63, 3.8) is 0 Å². The van der Waals surface area contributed by atoms with E-state index in [1.165, 1.54) is 12.1 Å². The predicted octanol–water partition coefficient (Wildman–Crippen LogP) is 3.69. The number of carbonyl (C=O) groups excluding carboxylic acids is 1. The largest absolute Gasteiger partial charge is 0.417 e. The topological polar surface area (TPSA) is 55.1 Å². The van der Waals surface area contributed by atoms with Crippen LogP contribution in [0.15, 0.2) is 33.3 Å². The summed E-state index contributed by atoms with van der Waals surface area (Å²) in [4.78, 5) is 11.9. The molecule has 2 rings (SSSR count). The molecule has 1 aromatic carbocycles. The zero-order valence-corrected chi connectivity index (χ0v) is 12.4. The van der Waals surface area contributed by atoms with Crippen LogP contribution < -0.4 is 5.32 Å². The first-order valence-electron chi connectivity index (χ1n) is 5.84. The van der Waals surface area contributed by atoms with Gasteiger partial charge in [0.25, 0.3) is 5.91 Å². The minimum Gasteiger partial charge on any atom is -0.361 e. The van der Waals surface area contributed by atoms with Crippen molar-refractivity contribution < 1.29 is 22.5 Å². The van der Waals surface area contributed by atoms with E-state index in [2.05, 4.69) is 26.4 Å². The van der Waals surface area contributed by atoms with Crippen molar-refractivity contribution >= 4 is 21.8 Å². The molecule has 2 aromatic rings. The van der Waals surface area contributed by atoms with Gasteiger partial charge in [0.1, 0.15) is 11.5 Å². The van der Waals surface area contributed by atoms with Crippen molar-refractivity contribution in [1.82, 2.24) is 10.5 Å². The Morgan fingerprint density at radius 2 is 2.10 bits per heavy atom. The van der Waals surface area contributed by atoms with Gasteiger partial charge in [-0.05, 0) is 25.1 Å². The van der Waals surface area contributed by atoms with Gasteiger partial charge in [0.2, 0.25) is 0 Å². The Morgan fingerprint density at radius 1 is 1.38 bits per heavy atom. The number of hydrogen-bond acceptors (Lipinski definition) is 3. The maximum Gasteiger partial charge on any atom is 0.417 e. The summed E-state index contributed by atoms with van der Waals surface area (Å²) in [6.07, 6.45) is -4.53. The fourth-order valence-corrected chi connectivity index (χ4v) is 2.13. The van der Waals surface area contributed by atoms with Gasteiger partial charge in [-0.1, -0.05) is 21.1 Å². The molecule has 0 unspecified atom stereocenters. The van der Waals surface area contributed by atoms with Crippen LogP contribution in [0, 0.1) is 6.92 Å². The summed E-state index contributed by atoms with van der Waals surface area (Å²) in [5.74, 6) is -0.0316. The Morgan fingerprint density at radius 3 is 2.67 bits per heavy atom. The van der Waals surface area contributed by atoms with Gasteiger partial charge in [-0.3, -0.25) is 4.79 Å². The Labute approximate surface area is 126 Å². The molecule has 0 fully saturated rings. The molecule has 1 amide bonds. The molecule has 1 aromatic heterocycles. The third-order valence-corrected chi connectivity index (χ3v) is 3.33. The Kier molecular flexibility index (Phi) is 4.36. The molecular formula is C13H10BrF3N2O2. The van der Waals surface area contributed by atoms with E-state index in [1.54, 1.807) is 13.0 Å². The van der Waals surface area contributed by atoms with Crippen molar-refractivity contribution in [2.75, 3.05) is 0 Å². The number of alkyl halides is 3. The molecule has 0 spiro atoms. The zero-order valence-electron chi connectivity index (χ0n) is 10.8. The van der Waals surface area contributed by atoms with E-state index in [0.717, 1.165) is 6.07 Å². The van der Waals surface area contributed by atoms with Crippen LogP contribution in [0.5, 0.6) is 0 Å². The summed E-state index contributed by atoms with van der Waals surface area (Å²) in [5, 5.41) is 6.16. The van der Waals surface area contributed by atoms with Gasteiger partial charge in [-0.2, -0.15) is 13.2 Å². The van der Waals surface area contributed by atoms with Crippen molar-refractivity contribution in [2.45, 2.75) is 19.6 Å². The molecule has 1 heterocycles. The van der Waals surface area contributed by atoms with Gasteiger partial charge in [-0.25, -0.2) is 0 Å². The van der Waals surface area contributed by atoms with E-state index < -0.39 is 17.6 Å². The fourth-order valence-electron chi connectivity index (χ4n) is 1.66. The number of aromatic nitrogens is 1. The number of nitrogens with zero attached hydrogens (tertiary/aromatic N) is 1. The van der Waals surface area contributed by atoms with E-state index in [-0.39, 0.29) is 16.6 Å². The highest BCUT2D eigenvalue weighted by Gasteiger charge is 2.33. The SMILES string of the molecule is Cc1cc(CNC(=O)c2ccc(Br)c(C(F)(F)F)c2)no1. The molecule has 0 bridgehead atoms. The molecule has 112 valence electrons. The van der Waals surface area contributed by atoms with E-state index in [0.29, 0.717) is 11.5 Å². The van der Waals surface area contributed by atoms with Crippen LogP contribution in [0.2, 0.25) is 0 Å². The van der Waals surface area contributed by atoms with Gasteiger partial charge < -0.3 is 9.84 Å². The molecule has 1 N–H and O–H groups in total. The van der Waals surface area contributed by atoms with Crippen LogP contribution >= 0.6 is 15.9 Å². The molecule has 0 saturated carbocycles. The third kappa shape index (κ3) is 3.84. The van der Waals surface area contributed by atoms with E-state index in [4.69, 9.17) is 4.52 Å². The van der Waals surface area contributed by atoms with Crippen LogP contribution in [-0.2, 0) is 12.7 Å². The number of benzene rings is 1. The molecule has 4 nitrogen and oxygen atoms in total. The second kappa shape index (κ2) is 5.88. The summed E-state index contributed by atoms with van der Waals surface area (Å²) >= 11 is 2.82. The second-order valence-corrected chi connectivity index (χ2v) is 5.16. The van der Waals surface area contributed by atoms with Crippen molar-refractivity contribution in [1.29, 1.82) is 0 Å². The van der Waals surface area contributed by atoms with E-state index in [1.807, 2.05) is 0 Å². The average molecular weight is 363 g/mol. The van der Waals surface area contributed by atoms with Gasteiger partial charge in [0.05, 0.1) is 12.1 Å². The zero-order chi connectivity index (χ0) is 15.6. The van der Waals surface area contributed by atoms with Crippen molar-refractivity contribution in [3.8, 4) is 0 Å². The van der Waals surface area contributed by atoms with Gasteiger partial charge in [0, 0.05) is 16.1 Å². The maximum atomic E-state index is 12.8. The minimum atomic E-state index is -4.53. The summed E-state index contributed by atoms with van der Waals surface area (Å²) in [5.41, 5.74) is -0.479. The Hall–Kier alpha value is -1.83. The number of rotatable bonds is 3. The van der Waals surface area contributed by atoms with E-state index >= 15 is 0 Å². The molecule has 0 aliphatic heterocycles. The quantitative estimate of drug-likeness (QED) is 0.905. The highest BCUT2D eigenvalue weighted by Crippen LogP contribution is 2.35. The first-order chi connectivity index (χ1) is 9.77. The normalized spacial score (nSPS) is 11.5.